The van der Waals surface area contributed by atoms with Crippen molar-refractivity contribution < 1.29 is 4.79 Å². The summed E-state index contributed by atoms with van der Waals surface area (Å²) >= 11 is 5.52. The van der Waals surface area contributed by atoms with Gasteiger partial charge in [-0.1, -0.05) is 0 Å². The minimum atomic E-state index is -0.0639. The zero-order chi connectivity index (χ0) is 12.8. The fraction of sp³-hybridized carbons (Fsp3) is 0.273. The van der Waals surface area contributed by atoms with Gasteiger partial charge in [0, 0.05) is 12.3 Å². The third-order valence-corrected chi connectivity index (χ3v) is 2.49. The van der Waals surface area contributed by atoms with Gasteiger partial charge in [-0.05, 0) is 18.6 Å². The fourth-order valence-electron chi connectivity index (χ4n) is 1.37. The molecule has 7 heteroatoms. The van der Waals surface area contributed by atoms with Gasteiger partial charge in [0.15, 0.2) is 5.82 Å². The average molecular weight is 266 g/mol. The molecule has 2 rings (SSSR count). The molecule has 6 nitrogen and oxygen atoms in total. The molecule has 0 saturated heterocycles. The number of hydrogen-bond donors (Lipinski definition) is 1. The van der Waals surface area contributed by atoms with Crippen molar-refractivity contribution in [2.24, 2.45) is 0 Å². The van der Waals surface area contributed by atoms with E-state index in [1.54, 1.807) is 29.3 Å². The predicted molar refractivity (Wildman–Crippen MR) is 67.7 cm³/mol. The molecule has 1 N–H and O–H groups in total. The average Bonchev–Trinajstić information content (AvgIpc) is 2.91. The van der Waals surface area contributed by atoms with Gasteiger partial charge in [-0.2, -0.15) is 5.10 Å². The second-order valence-electron chi connectivity index (χ2n) is 3.59. The van der Waals surface area contributed by atoms with Crippen molar-refractivity contribution in [3.05, 3.63) is 31.0 Å². The third kappa shape index (κ3) is 3.27. The zero-order valence-corrected chi connectivity index (χ0v) is 10.3. The molecule has 0 aliphatic heterocycles. The van der Waals surface area contributed by atoms with Crippen LogP contribution in [0.1, 0.15) is 12.8 Å². The Morgan fingerprint density at radius 3 is 2.94 bits per heavy atom. The molecule has 0 unspecified atom stereocenters. The van der Waals surface area contributed by atoms with Crippen molar-refractivity contribution in [2.45, 2.75) is 12.8 Å². The van der Waals surface area contributed by atoms with Crippen LogP contribution in [0, 0.1) is 0 Å². The minimum absolute atomic E-state index is 0.0639. The summed E-state index contributed by atoms with van der Waals surface area (Å²) in [6, 6.07) is 3.52. The zero-order valence-electron chi connectivity index (χ0n) is 9.58. The summed E-state index contributed by atoms with van der Waals surface area (Å²) in [4.78, 5) is 19.5. The van der Waals surface area contributed by atoms with Crippen molar-refractivity contribution in [3.8, 4) is 5.82 Å². The van der Waals surface area contributed by atoms with Gasteiger partial charge in [-0.15, -0.1) is 11.6 Å². The molecular formula is C11H12ClN5O. The van der Waals surface area contributed by atoms with E-state index >= 15 is 0 Å². The van der Waals surface area contributed by atoms with Crippen LogP contribution in [0.3, 0.4) is 0 Å². The van der Waals surface area contributed by atoms with E-state index in [0.717, 1.165) is 0 Å². The molecule has 2 heterocycles. The second-order valence-corrected chi connectivity index (χ2v) is 3.96. The quantitative estimate of drug-likeness (QED) is 0.834. The van der Waals surface area contributed by atoms with Crippen LogP contribution in [0.4, 0.5) is 5.69 Å². The molecule has 0 bridgehead atoms. The van der Waals surface area contributed by atoms with Crippen LogP contribution < -0.4 is 5.32 Å². The Bertz CT molecular complexity index is 497. The standard InChI is InChI=1S/C11H12ClN5O/c12-5-1-2-11(18)16-9-3-4-10(14-6-9)17-8-13-7-15-17/h3-4,6-8H,1-2,5H2,(H,16,18). The highest BCUT2D eigenvalue weighted by atomic mass is 35.5. The number of carbonyl (C=O) groups is 1. The number of halogens is 1. The number of nitrogens with one attached hydrogen (secondary N) is 1. The number of amides is 1. The SMILES string of the molecule is O=C(CCCCl)Nc1ccc(-n2cncn2)nc1. The fourth-order valence-corrected chi connectivity index (χ4v) is 1.51. The summed E-state index contributed by atoms with van der Waals surface area (Å²) in [5.41, 5.74) is 0.651. The first kappa shape index (κ1) is 12.5. The largest absolute Gasteiger partial charge is 0.325 e. The summed E-state index contributed by atoms with van der Waals surface area (Å²) in [5, 5.41) is 6.70. The van der Waals surface area contributed by atoms with Crippen molar-refractivity contribution in [3.63, 3.8) is 0 Å². The second kappa shape index (κ2) is 6.11. The van der Waals surface area contributed by atoms with Gasteiger partial charge in [0.25, 0.3) is 0 Å². The first-order chi connectivity index (χ1) is 8.79. The number of rotatable bonds is 5. The van der Waals surface area contributed by atoms with E-state index in [1.165, 1.54) is 6.33 Å². The lowest BCUT2D eigenvalue weighted by Gasteiger charge is -2.05. The molecule has 0 saturated carbocycles. The van der Waals surface area contributed by atoms with E-state index in [0.29, 0.717) is 30.2 Å². The molecule has 0 radical (unpaired) electrons. The maximum atomic E-state index is 11.5. The van der Waals surface area contributed by atoms with Crippen LogP contribution in [-0.4, -0.2) is 31.5 Å². The topological polar surface area (TPSA) is 72.7 Å². The normalized spacial score (nSPS) is 10.3. The number of carbonyl (C=O) groups excluding carboxylic acids is 1. The van der Waals surface area contributed by atoms with Crippen LogP contribution in [0.2, 0.25) is 0 Å². The summed E-state index contributed by atoms with van der Waals surface area (Å²) in [7, 11) is 0. The predicted octanol–water partition coefficient (Wildman–Crippen LogP) is 1.62. The lowest BCUT2D eigenvalue weighted by Crippen LogP contribution is -2.11. The van der Waals surface area contributed by atoms with Crippen LogP contribution in [0.15, 0.2) is 31.0 Å². The summed E-state index contributed by atoms with van der Waals surface area (Å²) < 4.78 is 1.54. The molecule has 0 aromatic carbocycles. The number of aromatic nitrogens is 4. The Morgan fingerprint density at radius 2 is 2.33 bits per heavy atom. The molecule has 18 heavy (non-hydrogen) atoms. The van der Waals surface area contributed by atoms with Crippen molar-refractivity contribution in [2.75, 3.05) is 11.2 Å². The van der Waals surface area contributed by atoms with Crippen molar-refractivity contribution in [1.82, 2.24) is 19.7 Å². The van der Waals surface area contributed by atoms with Gasteiger partial charge >= 0.3 is 0 Å². The summed E-state index contributed by atoms with van der Waals surface area (Å²) in [6.07, 6.45) is 5.65. The monoisotopic (exact) mass is 265 g/mol. The number of hydrogen-bond acceptors (Lipinski definition) is 4. The van der Waals surface area contributed by atoms with Crippen LogP contribution in [-0.2, 0) is 4.79 Å². The number of alkyl halides is 1. The van der Waals surface area contributed by atoms with Crippen molar-refractivity contribution in [1.29, 1.82) is 0 Å². The van der Waals surface area contributed by atoms with Gasteiger partial charge in [-0.3, -0.25) is 4.79 Å². The molecule has 94 valence electrons. The van der Waals surface area contributed by atoms with Crippen LogP contribution in [0.25, 0.3) is 5.82 Å². The molecule has 0 aliphatic rings. The van der Waals surface area contributed by atoms with Gasteiger partial charge in [0.1, 0.15) is 12.7 Å². The number of pyridine rings is 1. The Kier molecular flexibility index (Phi) is 4.25. The molecule has 0 fully saturated rings. The van der Waals surface area contributed by atoms with Crippen molar-refractivity contribution >= 4 is 23.2 Å². The highest BCUT2D eigenvalue weighted by Crippen LogP contribution is 2.09. The maximum absolute atomic E-state index is 11.5. The molecular weight excluding hydrogens is 254 g/mol. The Morgan fingerprint density at radius 1 is 1.44 bits per heavy atom. The summed E-state index contributed by atoms with van der Waals surface area (Å²) in [5.74, 6) is 1.06. The number of anilines is 1. The molecule has 1 amide bonds. The van der Waals surface area contributed by atoms with Gasteiger partial charge in [0.05, 0.1) is 11.9 Å². The van der Waals surface area contributed by atoms with Crippen LogP contribution in [0.5, 0.6) is 0 Å². The van der Waals surface area contributed by atoms with E-state index in [-0.39, 0.29) is 5.91 Å². The van der Waals surface area contributed by atoms with E-state index in [9.17, 15) is 4.79 Å². The molecule has 2 aromatic heterocycles. The van der Waals surface area contributed by atoms with E-state index in [1.807, 2.05) is 0 Å². The lowest BCUT2D eigenvalue weighted by atomic mass is 10.3. The van der Waals surface area contributed by atoms with Gasteiger partial charge in [-0.25, -0.2) is 14.6 Å². The molecule has 0 spiro atoms. The molecule has 0 atom stereocenters. The van der Waals surface area contributed by atoms with E-state index in [2.05, 4.69) is 20.4 Å². The minimum Gasteiger partial charge on any atom is -0.325 e. The highest BCUT2D eigenvalue weighted by molar-refractivity contribution is 6.18. The Hall–Kier alpha value is -1.95. The Balaban J connectivity index is 1.98. The molecule has 0 aliphatic carbocycles. The first-order valence-corrected chi connectivity index (χ1v) is 6.00. The smallest absolute Gasteiger partial charge is 0.224 e. The Labute approximate surface area is 109 Å². The van der Waals surface area contributed by atoms with Gasteiger partial charge in [0.2, 0.25) is 5.91 Å². The first-order valence-electron chi connectivity index (χ1n) is 5.46. The van der Waals surface area contributed by atoms with E-state index in [4.69, 9.17) is 11.6 Å². The van der Waals surface area contributed by atoms with E-state index < -0.39 is 0 Å². The molecule has 2 aromatic rings. The maximum Gasteiger partial charge on any atom is 0.224 e. The third-order valence-electron chi connectivity index (χ3n) is 2.22. The summed E-state index contributed by atoms with van der Waals surface area (Å²) in [6.45, 7) is 0. The van der Waals surface area contributed by atoms with Gasteiger partial charge < -0.3 is 5.32 Å². The lowest BCUT2D eigenvalue weighted by molar-refractivity contribution is -0.116. The highest BCUT2D eigenvalue weighted by Gasteiger charge is 2.03. The number of nitrogens with zero attached hydrogens (tertiary/aromatic N) is 4. The van der Waals surface area contributed by atoms with Crippen LogP contribution >= 0.6 is 11.6 Å².